The molecule has 2 saturated carbocycles. The summed E-state index contributed by atoms with van der Waals surface area (Å²) >= 11 is 3.58. The molecule has 0 saturated heterocycles. The molecule has 1 N–H and O–H groups in total. The third kappa shape index (κ3) is 0.784. The molecule has 0 aromatic heterocycles. The lowest BCUT2D eigenvalue weighted by atomic mass is 9.70. The molecule has 2 aliphatic rings. The van der Waals surface area contributed by atoms with Crippen molar-refractivity contribution in [2.45, 2.75) is 39.2 Å². The Morgan fingerprint density at radius 3 is 2.42 bits per heavy atom. The standard InChI is InChI=1S/C10H17BrO/c1-9(2)7-3-4-10(9,6-11)8(12)5-7/h7-8,12H,3-6H2,1-2H3/t7-,8+,10-/m0/s1. The zero-order valence-electron chi connectivity index (χ0n) is 7.81. The number of halogens is 1. The summed E-state index contributed by atoms with van der Waals surface area (Å²) in [6.07, 6.45) is 3.48. The highest BCUT2D eigenvalue weighted by molar-refractivity contribution is 9.09. The summed E-state index contributed by atoms with van der Waals surface area (Å²) in [5.74, 6) is 0.755. The minimum Gasteiger partial charge on any atom is -0.392 e. The maximum atomic E-state index is 9.98. The second-order valence-corrected chi connectivity index (χ2v) is 5.56. The Morgan fingerprint density at radius 1 is 1.50 bits per heavy atom. The van der Waals surface area contributed by atoms with Crippen LogP contribution in [0.1, 0.15) is 33.1 Å². The fourth-order valence-electron chi connectivity index (χ4n) is 3.35. The van der Waals surface area contributed by atoms with E-state index in [-0.39, 0.29) is 11.5 Å². The van der Waals surface area contributed by atoms with Crippen LogP contribution < -0.4 is 0 Å². The van der Waals surface area contributed by atoms with E-state index in [1.54, 1.807) is 0 Å². The molecule has 2 heteroatoms. The number of aliphatic hydroxyl groups excluding tert-OH is 1. The third-order valence-corrected chi connectivity index (χ3v) is 5.63. The van der Waals surface area contributed by atoms with Crippen LogP contribution in [-0.4, -0.2) is 16.5 Å². The molecule has 12 heavy (non-hydrogen) atoms. The van der Waals surface area contributed by atoms with E-state index in [0.717, 1.165) is 17.7 Å². The first-order valence-electron chi connectivity index (χ1n) is 4.78. The Bertz CT molecular complexity index is 202. The predicted molar refractivity (Wildman–Crippen MR) is 53.4 cm³/mol. The molecule has 0 spiro atoms. The molecule has 70 valence electrons. The van der Waals surface area contributed by atoms with E-state index in [9.17, 15) is 5.11 Å². The summed E-state index contributed by atoms with van der Waals surface area (Å²) < 4.78 is 0. The molecule has 0 radical (unpaired) electrons. The van der Waals surface area contributed by atoms with Crippen molar-refractivity contribution < 1.29 is 5.11 Å². The topological polar surface area (TPSA) is 20.2 Å². The third-order valence-electron chi connectivity index (χ3n) is 4.63. The van der Waals surface area contributed by atoms with E-state index < -0.39 is 0 Å². The quantitative estimate of drug-likeness (QED) is 0.690. The van der Waals surface area contributed by atoms with E-state index in [1.165, 1.54) is 12.8 Å². The lowest BCUT2D eigenvalue weighted by Gasteiger charge is -2.38. The van der Waals surface area contributed by atoms with Crippen LogP contribution in [0, 0.1) is 16.7 Å². The van der Waals surface area contributed by atoms with Gasteiger partial charge in [0.2, 0.25) is 0 Å². The van der Waals surface area contributed by atoms with Gasteiger partial charge in [-0.15, -0.1) is 0 Å². The van der Waals surface area contributed by atoms with Crippen LogP contribution in [0.4, 0.5) is 0 Å². The lowest BCUT2D eigenvalue weighted by Crippen LogP contribution is -2.40. The van der Waals surface area contributed by atoms with Gasteiger partial charge in [0.15, 0.2) is 0 Å². The molecule has 0 aliphatic heterocycles. The van der Waals surface area contributed by atoms with Crippen molar-refractivity contribution in [2.24, 2.45) is 16.7 Å². The largest absolute Gasteiger partial charge is 0.392 e. The summed E-state index contributed by atoms with van der Waals surface area (Å²) in [7, 11) is 0. The van der Waals surface area contributed by atoms with E-state index in [1.807, 2.05) is 0 Å². The van der Waals surface area contributed by atoms with Gasteiger partial charge >= 0.3 is 0 Å². The van der Waals surface area contributed by atoms with Crippen LogP contribution in [0.3, 0.4) is 0 Å². The molecule has 2 rings (SSSR count). The number of rotatable bonds is 1. The summed E-state index contributed by atoms with van der Waals surface area (Å²) in [5, 5.41) is 10.9. The van der Waals surface area contributed by atoms with E-state index in [4.69, 9.17) is 0 Å². The molecule has 0 aromatic rings. The van der Waals surface area contributed by atoms with Crippen LogP contribution in [0.5, 0.6) is 0 Å². The average Bonchev–Trinajstić information content (AvgIpc) is 2.36. The highest BCUT2D eigenvalue weighted by atomic mass is 79.9. The van der Waals surface area contributed by atoms with Gasteiger partial charge in [0.05, 0.1) is 6.10 Å². The monoisotopic (exact) mass is 232 g/mol. The van der Waals surface area contributed by atoms with Crippen LogP contribution in [0.25, 0.3) is 0 Å². The van der Waals surface area contributed by atoms with Gasteiger partial charge in [-0.2, -0.15) is 0 Å². The Morgan fingerprint density at radius 2 is 2.17 bits per heavy atom. The molecular weight excluding hydrogens is 216 g/mol. The molecule has 2 bridgehead atoms. The van der Waals surface area contributed by atoms with Crippen molar-refractivity contribution in [3.63, 3.8) is 0 Å². The Balaban J connectivity index is 2.39. The predicted octanol–water partition coefficient (Wildman–Crippen LogP) is 2.57. The number of aliphatic hydroxyl groups is 1. The molecule has 3 atom stereocenters. The summed E-state index contributed by atoms with van der Waals surface area (Å²) in [5.41, 5.74) is 0.521. The van der Waals surface area contributed by atoms with Crippen LogP contribution in [-0.2, 0) is 0 Å². The molecule has 2 aliphatic carbocycles. The molecule has 1 nitrogen and oxygen atoms in total. The fraction of sp³-hybridized carbons (Fsp3) is 1.00. The van der Waals surface area contributed by atoms with Crippen molar-refractivity contribution in [3.05, 3.63) is 0 Å². The SMILES string of the molecule is CC1(C)[C@H]2CC[C@]1(CBr)[C@H](O)C2. The van der Waals surface area contributed by atoms with Gasteiger partial charge in [-0.3, -0.25) is 0 Å². The molecule has 2 fully saturated rings. The zero-order chi connectivity index (χ0) is 8.98. The Labute approximate surface area is 82.7 Å². The minimum absolute atomic E-state index is 0.0642. The smallest absolute Gasteiger partial charge is 0.0612 e. The van der Waals surface area contributed by atoms with Crippen molar-refractivity contribution in [2.75, 3.05) is 5.33 Å². The van der Waals surface area contributed by atoms with E-state index in [0.29, 0.717) is 5.41 Å². The Kier molecular flexibility index (Phi) is 1.86. The van der Waals surface area contributed by atoms with Gasteiger partial charge in [0.1, 0.15) is 0 Å². The van der Waals surface area contributed by atoms with Gasteiger partial charge in [0.25, 0.3) is 0 Å². The van der Waals surface area contributed by atoms with Crippen molar-refractivity contribution in [1.82, 2.24) is 0 Å². The first-order valence-corrected chi connectivity index (χ1v) is 5.91. The molecule has 0 aromatic carbocycles. The van der Waals surface area contributed by atoms with Crippen molar-refractivity contribution >= 4 is 15.9 Å². The first-order chi connectivity index (χ1) is 5.54. The highest BCUT2D eigenvalue weighted by Gasteiger charge is 2.62. The summed E-state index contributed by atoms with van der Waals surface area (Å²) in [6.45, 7) is 4.64. The van der Waals surface area contributed by atoms with Gasteiger partial charge in [0, 0.05) is 10.7 Å². The number of fused-ring (bicyclic) bond motifs is 2. The maximum absolute atomic E-state index is 9.98. The van der Waals surface area contributed by atoms with Crippen molar-refractivity contribution in [1.29, 1.82) is 0 Å². The van der Waals surface area contributed by atoms with Gasteiger partial charge < -0.3 is 5.11 Å². The van der Waals surface area contributed by atoms with Gasteiger partial charge in [-0.05, 0) is 30.6 Å². The number of hydrogen-bond acceptors (Lipinski definition) is 1. The van der Waals surface area contributed by atoms with E-state index in [2.05, 4.69) is 29.8 Å². The number of hydrogen-bond donors (Lipinski definition) is 1. The fourth-order valence-corrected chi connectivity index (χ4v) is 4.73. The second kappa shape index (κ2) is 2.48. The molecule has 0 amide bonds. The molecule has 0 unspecified atom stereocenters. The minimum atomic E-state index is -0.0642. The van der Waals surface area contributed by atoms with Crippen LogP contribution in [0.2, 0.25) is 0 Å². The normalized spacial score (nSPS) is 50.0. The second-order valence-electron chi connectivity index (χ2n) is 5.00. The van der Waals surface area contributed by atoms with Gasteiger partial charge in [-0.1, -0.05) is 29.8 Å². The Hall–Kier alpha value is 0.440. The van der Waals surface area contributed by atoms with Crippen LogP contribution in [0.15, 0.2) is 0 Å². The van der Waals surface area contributed by atoms with E-state index >= 15 is 0 Å². The highest BCUT2D eigenvalue weighted by Crippen LogP contribution is 2.66. The molecule has 0 heterocycles. The van der Waals surface area contributed by atoms with Gasteiger partial charge in [-0.25, -0.2) is 0 Å². The lowest BCUT2D eigenvalue weighted by molar-refractivity contribution is 0.0178. The zero-order valence-corrected chi connectivity index (χ0v) is 9.39. The van der Waals surface area contributed by atoms with Crippen molar-refractivity contribution in [3.8, 4) is 0 Å². The first kappa shape index (κ1) is 9.01. The molecular formula is C10H17BrO. The maximum Gasteiger partial charge on any atom is 0.0612 e. The summed E-state index contributed by atoms with van der Waals surface area (Å²) in [4.78, 5) is 0. The number of alkyl halides is 1. The van der Waals surface area contributed by atoms with Crippen LogP contribution >= 0.6 is 15.9 Å². The average molecular weight is 233 g/mol. The summed E-state index contributed by atoms with van der Waals surface area (Å²) in [6, 6.07) is 0.